The second-order valence-electron chi connectivity index (χ2n) is 7.90. The first-order valence-corrected chi connectivity index (χ1v) is 14.6. The van der Waals surface area contributed by atoms with E-state index >= 15 is 0 Å². The van der Waals surface area contributed by atoms with Gasteiger partial charge in [-0.15, -0.1) is 0 Å². The minimum Gasteiger partial charge on any atom is -0.310 e. The summed E-state index contributed by atoms with van der Waals surface area (Å²) in [6.07, 6.45) is 6.79. The molecule has 1 aliphatic heterocycles. The first kappa shape index (κ1) is 22.9. The van der Waals surface area contributed by atoms with Gasteiger partial charge in [0.2, 0.25) is 5.91 Å². The molecule has 2 aliphatic rings. The molecule has 3 aromatic heterocycles. The average molecular weight is 612 g/mol. The van der Waals surface area contributed by atoms with Crippen LogP contribution >= 0.6 is 30.3 Å². The van der Waals surface area contributed by atoms with Gasteiger partial charge in [0.15, 0.2) is 5.65 Å². The van der Waals surface area contributed by atoms with Crippen LogP contribution in [0.2, 0.25) is 0 Å². The molecule has 33 heavy (non-hydrogen) atoms. The van der Waals surface area contributed by atoms with Gasteiger partial charge in [-0.05, 0) is 30.5 Å². The van der Waals surface area contributed by atoms with Crippen molar-refractivity contribution < 1.29 is 26.4 Å². The number of hydrogen-bond donors (Lipinski definition) is 1. The first-order valence-electron chi connectivity index (χ1n) is 9.81. The van der Waals surface area contributed by atoms with Crippen molar-refractivity contribution in [3.8, 4) is 11.1 Å². The minimum atomic E-state index is -5.34. The maximum Gasteiger partial charge on any atom is 0.511 e. The number of nitrogens with zero attached hydrogens (tertiary/aromatic N) is 5. The molecule has 0 aromatic carbocycles. The van der Waals surface area contributed by atoms with Gasteiger partial charge in [-0.3, -0.25) is 13.4 Å². The van der Waals surface area contributed by atoms with Crippen molar-refractivity contribution in [2.24, 2.45) is 5.92 Å². The fourth-order valence-electron chi connectivity index (χ4n) is 3.62. The van der Waals surface area contributed by atoms with Crippen LogP contribution in [0.1, 0.15) is 18.9 Å². The van der Waals surface area contributed by atoms with Crippen LogP contribution in [0.5, 0.6) is 0 Å². The highest BCUT2D eigenvalue weighted by atomic mass is 127. The van der Waals surface area contributed by atoms with Gasteiger partial charge >= 0.3 is 15.5 Å². The fraction of sp³-hybridized carbons (Fsp3) is 0.389. The third-order valence-electron chi connectivity index (χ3n) is 5.65. The predicted octanol–water partition coefficient (Wildman–Crippen LogP) is 3.80. The number of fused-ring (bicyclic) bond motifs is 1. The number of amides is 1. The van der Waals surface area contributed by atoms with E-state index in [4.69, 9.17) is 0 Å². The van der Waals surface area contributed by atoms with Crippen LogP contribution in [0.4, 0.5) is 19.0 Å². The molecular weight excluding hydrogens is 596 g/mol. The van der Waals surface area contributed by atoms with Crippen molar-refractivity contribution in [2.75, 3.05) is 18.4 Å². The van der Waals surface area contributed by atoms with Gasteiger partial charge in [0, 0.05) is 72.7 Å². The van der Waals surface area contributed by atoms with Gasteiger partial charge < -0.3 is 5.32 Å². The van der Waals surface area contributed by atoms with Crippen molar-refractivity contribution in [1.29, 1.82) is 0 Å². The summed E-state index contributed by atoms with van der Waals surface area (Å²) in [5, 5.41) is 7.92. The normalized spacial score (nSPS) is 17.9. The molecule has 176 valence electrons. The van der Waals surface area contributed by atoms with Crippen LogP contribution < -0.4 is 5.32 Å². The lowest BCUT2D eigenvalue weighted by Gasteiger charge is -2.38. The molecule has 0 unspecified atom stereocenters. The number of carbonyl (C=O) groups is 1. The van der Waals surface area contributed by atoms with E-state index in [9.17, 15) is 26.4 Å². The summed E-state index contributed by atoms with van der Waals surface area (Å²) in [5.41, 5.74) is -3.24. The Balaban J connectivity index is 1.43. The Morgan fingerprint density at radius 3 is 2.64 bits per heavy atom. The van der Waals surface area contributed by atoms with Crippen LogP contribution in [0.25, 0.3) is 22.2 Å². The Hall–Kier alpha value is -1.85. The zero-order valence-electron chi connectivity index (χ0n) is 16.7. The fourth-order valence-corrected chi connectivity index (χ4v) is 5.92. The average Bonchev–Trinajstić information content (AvgIpc) is 3.32. The number of anilines is 1. The molecular formula is C18H16F3IN6O3S2. The summed E-state index contributed by atoms with van der Waals surface area (Å²) in [4.78, 5) is 16.8. The number of halogens is 4. The molecule has 1 saturated heterocycles. The second kappa shape index (κ2) is 8.13. The van der Waals surface area contributed by atoms with E-state index in [0.717, 1.165) is 23.8 Å². The Morgan fingerprint density at radius 2 is 2.00 bits per heavy atom. The molecule has 1 amide bonds. The van der Waals surface area contributed by atoms with Crippen molar-refractivity contribution in [3.63, 3.8) is 0 Å². The summed E-state index contributed by atoms with van der Waals surface area (Å²) in [6, 6.07) is 3.12. The molecule has 4 heterocycles. The smallest absolute Gasteiger partial charge is 0.310 e. The summed E-state index contributed by atoms with van der Waals surface area (Å²) in [5.74, 6) is 0.330. The van der Waals surface area contributed by atoms with E-state index in [0.29, 0.717) is 21.3 Å². The maximum atomic E-state index is 12.7. The minimum absolute atomic E-state index is 0.00831. The number of hydrogen-bond acceptors (Lipinski definition) is 6. The molecule has 2 fully saturated rings. The second-order valence-corrected chi connectivity index (χ2v) is 11.5. The third kappa shape index (κ3) is 4.12. The molecule has 3 aromatic rings. The van der Waals surface area contributed by atoms with Gasteiger partial charge in [-0.25, -0.2) is 13.4 Å². The highest BCUT2D eigenvalue weighted by Gasteiger charge is 2.53. The molecule has 1 saturated carbocycles. The number of sulfonamides is 1. The van der Waals surface area contributed by atoms with E-state index in [1.54, 1.807) is 18.5 Å². The Kier molecular flexibility index (Phi) is 5.64. The van der Waals surface area contributed by atoms with E-state index < -0.39 is 21.6 Å². The summed E-state index contributed by atoms with van der Waals surface area (Å²) >= 11 is 2.12. The molecule has 15 heteroatoms. The number of nitrogens with one attached hydrogen (secondary N) is 1. The van der Waals surface area contributed by atoms with Crippen LogP contribution in [0.15, 0.2) is 30.7 Å². The van der Waals surface area contributed by atoms with Crippen molar-refractivity contribution in [2.45, 2.75) is 24.4 Å². The van der Waals surface area contributed by atoms with Crippen molar-refractivity contribution in [1.82, 2.24) is 23.0 Å². The molecule has 0 atom stereocenters. The topological polar surface area (TPSA) is 102 Å². The summed E-state index contributed by atoms with van der Waals surface area (Å²) in [7, 11) is -3.92. The van der Waals surface area contributed by atoms with Gasteiger partial charge in [-0.2, -0.15) is 22.6 Å². The molecule has 0 radical (unpaired) electrons. The number of carbonyl (C=O) groups excluding carboxylic acids is 1. The third-order valence-corrected chi connectivity index (χ3v) is 8.92. The van der Waals surface area contributed by atoms with E-state index in [2.05, 4.69) is 36.6 Å². The lowest BCUT2D eigenvalue weighted by Crippen LogP contribution is -2.54. The Morgan fingerprint density at radius 1 is 1.27 bits per heavy atom. The van der Waals surface area contributed by atoms with Crippen LogP contribution in [0, 0.1) is 5.92 Å². The molecule has 0 spiro atoms. The van der Waals surface area contributed by atoms with E-state index in [1.807, 2.05) is 16.2 Å². The number of pyridine rings is 1. The Labute approximate surface area is 202 Å². The molecule has 1 aliphatic carbocycles. The SMILES string of the molecule is O=C(Nc1cc(-c2cnn(C3CN(S(=O)(=O)C(F)(F)F)C3)c2)c2ccn(SI)c2n1)C1CC1. The first-order chi connectivity index (χ1) is 15.6. The highest BCUT2D eigenvalue weighted by Crippen LogP contribution is 2.37. The zero-order valence-corrected chi connectivity index (χ0v) is 20.4. The van der Waals surface area contributed by atoms with Crippen molar-refractivity contribution >= 4 is 63.1 Å². The van der Waals surface area contributed by atoms with Gasteiger partial charge in [0.25, 0.3) is 0 Å². The van der Waals surface area contributed by atoms with Crippen molar-refractivity contribution in [3.05, 3.63) is 30.7 Å². The molecule has 0 bridgehead atoms. The number of rotatable bonds is 6. The van der Waals surface area contributed by atoms with E-state index in [-0.39, 0.29) is 24.9 Å². The summed E-state index contributed by atoms with van der Waals surface area (Å²) < 4.78 is 64.9. The highest BCUT2D eigenvalue weighted by molar-refractivity contribution is 14.2. The molecule has 5 rings (SSSR count). The maximum absolute atomic E-state index is 12.7. The lowest BCUT2D eigenvalue weighted by molar-refractivity contribution is -0.117. The Bertz CT molecular complexity index is 1350. The molecule has 1 N–H and O–H groups in total. The van der Waals surface area contributed by atoms with Crippen LogP contribution in [0.3, 0.4) is 0 Å². The monoisotopic (exact) mass is 612 g/mol. The quantitative estimate of drug-likeness (QED) is 0.426. The summed E-state index contributed by atoms with van der Waals surface area (Å²) in [6.45, 7) is -0.613. The van der Waals surface area contributed by atoms with Gasteiger partial charge in [0.05, 0.1) is 12.2 Å². The standard InChI is InChI=1S/C18H16F3IN6O3S2/c19-18(20,21)33(30,31)26-8-12(9-26)27-7-11(6-23-27)14-5-15(25-17(29)10-1-2-10)24-16-13(14)3-4-28(16)32-22/h3-7,10,12H,1-2,8-9H2,(H,24,25,29). The number of alkyl halides is 3. The lowest BCUT2D eigenvalue weighted by atomic mass is 10.1. The predicted molar refractivity (Wildman–Crippen MR) is 125 cm³/mol. The van der Waals surface area contributed by atoms with E-state index in [1.165, 1.54) is 13.8 Å². The zero-order chi connectivity index (χ0) is 23.5. The van der Waals surface area contributed by atoms with Gasteiger partial charge in [0.1, 0.15) is 5.82 Å². The molecule has 9 nitrogen and oxygen atoms in total. The van der Waals surface area contributed by atoms with Gasteiger partial charge in [-0.1, -0.05) is 0 Å². The largest absolute Gasteiger partial charge is 0.511 e. The number of aromatic nitrogens is 4. The van der Waals surface area contributed by atoms with Crippen LogP contribution in [-0.2, 0) is 14.8 Å². The van der Waals surface area contributed by atoms with Crippen LogP contribution in [-0.4, -0.2) is 56.0 Å².